The summed E-state index contributed by atoms with van der Waals surface area (Å²) in [4.78, 5) is 0. The smallest absolute Gasteiger partial charge is 0.0153 e. The van der Waals surface area contributed by atoms with Crippen LogP contribution in [-0.2, 0) is 0 Å². The number of nitrogens with one attached hydrogen (secondary N) is 1. The standard InChI is InChI=1S/C13H28N2/c1-4-12(2,10-14)11-15-13(3)8-6-5-7-9-13/h15H,4-11,14H2,1-3H3. The fourth-order valence-corrected chi connectivity index (χ4v) is 2.28. The second-order valence-corrected chi connectivity index (χ2v) is 5.84. The Bertz CT molecular complexity index is 179. The number of hydrogen-bond donors (Lipinski definition) is 2. The Morgan fingerprint density at radius 3 is 2.33 bits per heavy atom. The lowest BCUT2D eigenvalue weighted by atomic mass is 9.81. The number of nitrogens with two attached hydrogens (primary N) is 1. The molecule has 0 aromatic carbocycles. The normalized spacial score (nSPS) is 24.8. The largest absolute Gasteiger partial charge is 0.330 e. The highest BCUT2D eigenvalue weighted by molar-refractivity contribution is 4.89. The van der Waals surface area contributed by atoms with Crippen molar-refractivity contribution in [2.75, 3.05) is 13.1 Å². The molecule has 90 valence electrons. The fraction of sp³-hybridized carbons (Fsp3) is 1.00. The highest BCUT2D eigenvalue weighted by Crippen LogP contribution is 2.29. The zero-order valence-corrected chi connectivity index (χ0v) is 10.7. The van der Waals surface area contributed by atoms with Crippen molar-refractivity contribution in [3.05, 3.63) is 0 Å². The summed E-state index contributed by atoms with van der Waals surface area (Å²) in [5.41, 5.74) is 6.49. The summed E-state index contributed by atoms with van der Waals surface area (Å²) in [5.74, 6) is 0. The molecule has 0 radical (unpaired) electrons. The Hall–Kier alpha value is -0.0800. The summed E-state index contributed by atoms with van der Waals surface area (Å²) in [6, 6.07) is 0. The summed E-state index contributed by atoms with van der Waals surface area (Å²) in [7, 11) is 0. The van der Waals surface area contributed by atoms with Gasteiger partial charge in [0.05, 0.1) is 0 Å². The molecule has 0 spiro atoms. The topological polar surface area (TPSA) is 38.0 Å². The van der Waals surface area contributed by atoms with Gasteiger partial charge in [-0.05, 0) is 38.1 Å². The van der Waals surface area contributed by atoms with E-state index in [0.717, 1.165) is 19.5 Å². The molecule has 15 heavy (non-hydrogen) atoms. The second-order valence-electron chi connectivity index (χ2n) is 5.84. The van der Waals surface area contributed by atoms with Crippen LogP contribution in [0.4, 0.5) is 0 Å². The van der Waals surface area contributed by atoms with E-state index in [1.807, 2.05) is 0 Å². The van der Waals surface area contributed by atoms with Gasteiger partial charge in [0.1, 0.15) is 0 Å². The molecule has 1 saturated carbocycles. The van der Waals surface area contributed by atoms with Crippen molar-refractivity contribution in [2.45, 2.75) is 64.8 Å². The predicted octanol–water partition coefficient (Wildman–Crippen LogP) is 2.67. The molecule has 1 aliphatic carbocycles. The van der Waals surface area contributed by atoms with E-state index < -0.39 is 0 Å². The van der Waals surface area contributed by atoms with Gasteiger partial charge in [-0.2, -0.15) is 0 Å². The number of hydrogen-bond acceptors (Lipinski definition) is 2. The van der Waals surface area contributed by atoms with Crippen LogP contribution < -0.4 is 11.1 Å². The third kappa shape index (κ3) is 3.76. The van der Waals surface area contributed by atoms with Gasteiger partial charge in [-0.15, -0.1) is 0 Å². The molecule has 0 amide bonds. The average molecular weight is 212 g/mol. The van der Waals surface area contributed by atoms with Crippen LogP contribution in [0.5, 0.6) is 0 Å². The number of rotatable bonds is 5. The van der Waals surface area contributed by atoms with E-state index in [4.69, 9.17) is 5.73 Å². The van der Waals surface area contributed by atoms with Gasteiger partial charge in [0.15, 0.2) is 0 Å². The van der Waals surface area contributed by atoms with Gasteiger partial charge in [0.2, 0.25) is 0 Å². The Morgan fingerprint density at radius 1 is 1.27 bits per heavy atom. The molecule has 0 saturated heterocycles. The van der Waals surface area contributed by atoms with Crippen LogP contribution in [-0.4, -0.2) is 18.6 Å². The van der Waals surface area contributed by atoms with Crippen molar-refractivity contribution >= 4 is 0 Å². The third-order valence-corrected chi connectivity index (χ3v) is 4.25. The van der Waals surface area contributed by atoms with Crippen LogP contribution in [0.25, 0.3) is 0 Å². The summed E-state index contributed by atoms with van der Waals surface area (Å²) in [5, 5.41) is 3.76. The summed E-state index contributed by atoms with van der Waals surface area (Å²) < 4.78 is 0. The zero-order valence-electron chi connectivity index (χ0n) is 10.7. The minimum Gasteiger partial charge on any atom is -0.330 e. The summed E-state index contributed by atoms with van der Waals surface area (Å²) in [6.07, 6.45) is 8.00. The van der Waals surface area contributed by atoms with Crippen molar-refractivity contribution in [1.82, 2.24) is 5.32 Å². The maximum Gasteiger partial charge on any atom is 0.0153 e. The van der Waals surface area contributed by atoms with Gasteiger partial charge >= 0.3 is 0 Å². The minimum absolute atomic E-state index is 0.278. The Balaban J connectivity index is 2.40. The molecule has 1 aliphatic rings. The van der Waals surface area contributed by atoms with Gasteiger partial charge in [-0.25, -0.2) is 0 Å². The maximum atomic E-state index is 5.84. The molecule has 2 heteroatoms. The highest BCUT2D eigenvalue weighted by atomic mass is 15.0. The molecule has 0 heterocycles. The van der Waals surface area contributed by atoms with E-state index in [9.17, 15) is 0 Å². The molecule has 0 bridgehead atoms. The van der Waals surface area contributed by atoms with Crippen LogP contribution in [0.3, 0.4) is 0 Å². The van der Waals surface area contributed by atoms with Crippen molar-refractivity contribution < 1.29 is 0 Å². The SMILES string of the molecule is CCC(C)(CN)CNC1(C)CCCCC1. The van der Waals surface area contributed by atoms with Crippen LogP contribution >= 0.6 is 0 Å². The van der Waals surface area contributed by atoms with Gasteiger partial charge < -0.3 is 11.1 Å². The predicted molar refractivity (Wildman–Crippen MR) is 66.9 cm³/mol. The maximum absolute atomic E-state index is 5.84. The Morgan fingerprint density at radius 2 is 1.87 bits per heavy atom. The van der Waals surface area contributed by atoms with Gasteiger partial charge in [0.25, 0.3) is 0 Å². The van der Waals surface area contributed by atoms with Crippen LogP contribution in [0.1, 0.15) is 59.3 Å². The average Bonchev–Trinajstić information content (AvgIpc) is 2.27. The van der Waals surface area contributed by atoms with E-state index in [2.05, 4.69) is 26.1 Å². The quantitative estimate of drug-likeness (QED) is 0.735. The molecule has 2 nitrogen and oxygen atoms in total. The molecular weight excluding hydrogens is 184 g/mol. The first-order valence-electron chi connectivity index (χ1n) is 6.49. The van der Waals surface area contributed by atoms with Crippen molar-refractivity contribution in [2.24, 2.45) is 11.1 Å². The molecule has 3 N–H and O–H groups in total. The lowest BCUT2D eigenvalue weighted by Crippen LogP contribution is -2.49. The summed E-state index contributed by atoms with van der Waals surface area (Å²) >= 11 is 0. The van der Waals surface area contributed by atoms with E-state index in [-0.39, 0.29) is 5.41 Å². The molecule has 0 aromatic rings. The monoisotopic (exact) mass is 212 g/mol. The lowest BCUT2D eigenvalue weighted by molar-refractivity contribution is 0.203. The van der Waals surface area contributed by atoms with Gasteiger partial charge in [-0.1, -0.05) is 33.1 Å². The minimum atomic E-state index is 0.278. The van der Waals surface area contributed by atoms with Crippen LogP contribution in [0.15, 0.2) is 0 Å². The third-order valence-electron chi connectivity index (χ3n) is 4.25. The van der Waals surface area contributed by atoms with Crippen LogP contribution in [0, 0.1) is 5.41 Å². The zero-order chi connectivity index (χ0) is 11.4. The molecule has 0 aromatic heterocycles. The molecule has 0 aliphatic heterocycles. The van der Waals surface area contributed by atoms with Crippen molar-refractivity contribution in [1.29, 1.82) is 0 Å². The van der Waals surface area contributed by atoms with E-state index in [1.54, 1.807) is 0 Å². The molecule has 1 unspecified atom stereocenters. The highest BCUT2D eigenvalue weighted by Gasteiger charge is 2.29. The Labute approximate surface area is 95.0 Å². The van der Waals surface area contributed by atoms with Gasteiger partial charge in [0, 0.05) is 12.1 Å². The van der Waals surface area contributed by atoms with Crippen molar-refractivity contribution in [3.8, 4) is 0 Å². The first-order chi connectivity index (χ1) is 7.04. The first-order valence-corrected chi connectivity index (χ1v) is 6.49. The lowest BCUT2D eigenvalue weighted by Gasteiger charge is -2.38. The van der Waals surface area contributed by atoms with Gasteiger partial charge in [-0.3, -0.25) is 0 Å². The van der Waals surface area contributed by atoms with E-state index in [1.165, 1.54) is 32.1 Å². The van der Waals surface area contributed by atoms with Crippen LogP contribution in [0.2, 0.25) is 0 Å². The van der Waals surface area contributed by atoms with Crippen molar-refractivity contribution in [3.63, 3.8) is 0 Å². The Kier molecular flexibility index (Phi) is 4.60. The molecular formula is C13H28N2. The first kappa shape index (κ1) is 13.0. The van der Waals surface area contributed by atoms with E-state index in [0.29, 0.717) is 5.54 Å². The molecule has 1 fully saturated rings. The fourth-order valence-electron chi connectivity index (χ4n) is 2.28. The second kappa shape index (κ2) is 5.31. The molecule has 1 rings (SSSR count). The van der Waals surface area contributed by atoms with E-state index >= 15 is 0 Å². The molecule has 1 atom stereocenters. The summed E-state index contributed by atoms with van der Waals surface area (Å²) in [6.45, 7) is 8.74.